The van der Waals surface area contributed by atoms with Gasteiger partial charge < -0.3 is 10.4 Å². The molecule has 0 amide bonds. The fourth-order valence-corrected chi connectivity index (χ4v) is 2.03. The number of para-hydroxylation sites is 1. The van der Waals surface area contributed by atoms with Crippen LogP contribution in [0.2, 0.25) is 0 Å². The third-order valence-electron chi connectivity index (χ3n) is 2.98. The molecule has 2 aromatic rings. The van der Waals surface area contributed by atoms with Crippen LogP contribution in [0.1, 0.15) is 16.7 Å². The minimum atomic E-state index is -0.795. The van der Waals surface area contributed by atoms with Gasteiger partial charge >= 0.3 is 5.69 Å². The van der Waals surface area contributed by atoms with E-state index in [2.05, 4.69) is 15.3 Å². The monoisotopic (exact) mass is 318 g/mol. The first kappa shape index (κ1) is 15.6. The molecule has 0 aliphatic rings. The number of aliphatic imine (C=N–C) groups is 1. The van der Waals surface area contributed by atoms with Gasteiger partial charge in [-0.2, -0.15) is 0 Å². The summed E-state index contributed by atoms with van der Waals surface area (Å²) >= 11 is 5.09. The lowest BCUT2D eigenvalue weighted by Gasteiger charge is -2.10. The van der Waals surface area contributed by atoms with E-state index < -0.39 is 17.1 Å². The highest BCUT2D eigenvalue weighted by molar-refractivity contribution is 7.80. The van der Waals surface area contributed by atoms with Crippen LogP contribution in [-0.4, -0.2) is 26.4 Å². The number of anilines is 1. The molecule has 0 aliphatic heterocycles. The Morgan fingerprint density at radius 3 is 2.50 bits per heavy atom. The fraction of sp³-hybridized carbons (Fsp3) is 0.143. The van der Waals surface area contributed by atoms with Gasteiger partial charge in [0.1, 0.15) is 5.56 Å². The van der Waals surface area contributed by atoms with Gasteiger partial charge in [0, 0.05) is 11.9 Å². The van der Waals surface area contributed by atoms with E-state index in [0.717, 1.165) is 23.0 Å². The highest BCUT2D eigenvalue weighted by Crippen LogP contribution is 2.19. The van der Waals surface area contributed by atoms with Gasteiger partial charge in [-0.1, -0.05) is 18.2 Å². The van der Waals surface area contributed by atoms with Gasteiger partial charge in [-0.3, -0.25) is 14.8 Å². The highest BCUT2D eigenvalue weighted by atomic mass is 32.1. The first-order valence-electron chi connectivity index (χ1n) is 6.35. The molecular weight excluding hydrogens is 304 g/mol. The van der Waals surface area contributed by atoms with E-state index in [-0.39, 0.29) is 10.7 Å². The van der Waals surface area contributed by atoms with Gasteiger partial charge in [-0.05, 0) is 37.2 Å². The fourth-order valence-electron chi connectivity index (χ4n) is 1.88. The van der Waals surface area contributed by atoms with Crippen molar-refractivity contribution in [3.8, 4) is 5.88 Å². The summed E-state index contributed by atoms with van der Waals surface area (Å²) < 4.78 is 0. The smallest absolute Gasteiger partial charge is 0.328 e. The zero-order valence-electron chi connectivity index (χ0n) is 11.9. The summed E-state index contributed by atoms with van der Waals surface area (Å²) in [6.07, 6.45) is 1.09. The molecule has 1 aromatic heterocycles. The molecule has 1 heterocycles. The van der Waals surface area contributed by atoms with E-state index in [1.807, 2.05) is 37.0 Å². The Kier molecular flexibility index (Phi) is 4.52. The Balaban J connectivity index is 2.23. The van der Waals surface area contributed by atoms with Crippen molar-refractivity contribution in [2.45, 2.75) is 13.8 Å². The summed E-state index contributed by atoms with van der Waals surface area (Å²) in [4.78, 5) is 30.5. The van der Waals surface area contributed by atoms with Crippen LogP contribution >= 0.6 is 12.2 Å². The maximum atomic E-state index is 11.5. The molecule has 114 valence electrons. The van der Waals surface area contributed by atoms with E-state index in [0.29, 0.717) is 0 Å². The zero-order chi connectivity index (χ0) is 16.3. The molecular formula is C14H14N4O3S. The van der Waals surface area contributed by atoms with Crippen molar-refractivity contribution in [1.29, 1.82) is 0 Å². The van der Waals surface area contributed by atoms with Crippen molar-refractivity contribution in [2.75, 3.05) is 5.32 Å². The van der Waals surface area contributed by atoms with Crippen molar-refractivity contribution in [3.63, 3.8) is 0 Å². The quantitative estimate of drug-likeness (QED) is 0.491. The van der Waals surface area contributed by atoms with Gasteiger partial charge in [0.05, 0.1) is 0 Å². The molecule has 1 aromatic carbocycles. The van der Waals surface area contributed by atoms with E-state index in [1.165, 1.54) is 0 Å². The Bertz CT molecular complexity index is 847. The first-order valence-corrected chi connectivity index (χ1v) is 6.76. The Hall–Kier alpha value is -2.74. The lowest BCUT2D eigenvalue weighted by atomic mass is 10.1. The highest BCUT2D eigenvalue weighted by Gasteiger charge is 2.07. The lowest BCUT2D eigenvalue weighted by Crippen LogP contribution is -2.25. The third-order valence-corrected chi connectivity index (χ3v) is 3.19. The molecule has 2 rings (SSSR count). The predicted molar refractivity (Wildman–Crippen MR) is 89.1 cm³/mol. The Labute approximate surface area is 130 Å². The molecule has 0 spiro atoms. The number of H-pyrrole nitrogens is 2. The summed E-state index contributed by atoms with van der Waals surface area (Å²) in [6.45, 7) is 3.86. The number of hydrogen-bond donors (Lipinski definition) is 4. The lowest BCUT2D eigenvalue weighted by molar-refractivity contribution is 0.447. The molecule has 0 radical (unpaired) electrons. The number of aromatic nitrogens is 2. The van der Waals surface area contributed by atoms with Crippen molar-refractivity contribution in [3.05, 3.63) is 55.7 Å². The molecule has 0 saturated heterocycles. The van der Waals surface area contributed by atoms with E-state index in [4.69, 9.17) is 12.2 Å². The van der Waals surface area contributed by atoms with E-state index in [1.54, 1.807) is 0 Å². The van der Waals surface area contributed by atoms with Gasteiger partial charge in [-0.25, -0.2) is 9.79 Å². The van der Waals surface area contributed by atoms with Crippen LogP contribution in [0.3, 0.4) is 0 Å². The van der Waals surface area contributed by atoms with Crippen LogP contribution < -0.4 is 16.6 Å². The van der Waals surface area contributed by atoms with Gasteiger partial charge in [0.2, 0.25) is 5.88 Å². The molecule has 0 unspecified atom stereocenters. The van der Waals surface area contributed by atoms with Crippen LogP contribution in [0, 0.1) is 13.8 Å². The Morgan fingerprint density at radius 1 is 1.27 bits per heavy atom. The number of benzene rings is 1. The molecule has 7 nitrogen and oxygen atoms in total. The van der Waals surface area contributed by atoms with E-state index >= 15 is 0 Å². The molecule has 4 N–H and O–H groups in total. The summed E-state index contributed by atoms with van der Waals surface area (Å²) in [7, 11) is 0. The van der Waals surface area contributed by atoms with Gasteiger partial charge in [0.25, 0.3) is 5.56 Å². The van der Waals surface area contributed by atoms with Gasteiger partial charge in [0.15, 0.2) is 5.11 Å². The van der Waals surface area contributed by atoms with Crippen LogP contribution in [0.4, 0.5) is 5.69 Å². The normalized spacial score (nSPS) is 10.8. The standard InChI is InChI=1S/C14H14N4O3S/c1-7-4-3-5-8(2)10(7)16-14(22)15-6-9-11(19)17-13(21)18-12(9)20/h3-6H,1-2H3,(H,16,22)(H3,17,18,19,20,21)/b15-6+. The number of thiocarbonyl (C=S) groups is 1. The minimum Gasteiger partial charge on any atom is -0.494 e. The second kappa shape index (κ2) is 6.35. The first-order chi connectivity index (χ1) is 10.4. The molecule has 0 saturated carbocycles. The molecule has 0 fully saturated rings. The molecule has 8 heteroatoms. The van der Waals surface area contributed by atoms with Crippen molar-refractivity contribution >= 4 is 29.2 Å². The summed E-state index contributed by atoms with van der Waals surface area (Å²) in [6, 6.07) is 5.79. The summed E-state index contributed by atoms with van der Waals surface area (Å²) in [5, 5.41) is 12.6. The SMILES string of the molecule is Cc1cccc(C)c1NC(=S)/N=C/c1c(O)[nH]c(=O)[nH]c1=O. The maximum Gasteiger partial charge on any atom is 0.328 e. The van der Waals surface area contributed by atoms with Crippen LogP contribution in [0.15, 0.2) is 32.8 Å². The van der Waals surface area contributed by atoms with Crippen molar-refractivity contribution < 1.29 is 5.11 Å². The zero-order valence-corrected chi connectivity index (χ0v) is 12.7. The van der Waals surface area contributed by atoms with Gasteiger partial charge in [-0.15, -0.1) is 0 Å². The molecule has 0 bridgehead atoms. The van der Waals surface area contributed by atoms with Crippen molar-refractivity contribution in [1.82, 2.24) is 9.97 Å². The second-order valence-electron chi connectivity index (χ2n) is 4.63. The van der Waals surface area contributed by atoms with Crippen LogP contribution in [0.5, 0.6) is 5.88 Å². The third kappa shape index (κ3) is 3.47. The summed E-state index contributed by atoms with van der Waals surface area (Å²) in [5.74, 6) is -0.563. The van der Waals surface area contributed by atoms with Crippen LogP contribution in [-0.2, 0) is 0 Å². The molecule has 0 atom stereocenters. The van der Waals surface area contributed by atoms with Crippen molar-refractivity contribution in [2.24, 2.45) is 4.99 Å². The topological polar surface area (TPSA) is 110 Å². The predicted octanol–water partition coefficient (Wildman–Crippen LogP) is 1.20. The molecule has 0 aliphatic carbocycles. The summed E-state index contributed by atoms with van der Waals surface area (Å²) in [5.41, 5.74) is 1.12. The second-order valence-corrected chi connectivity index (χ2v) is 5.01. The number of aromatic amines is 2. The Morgan fingerprint density at radius 2 is 1.91 bits per heavy atom. The average molecular weight is 318 g/mol. The largest absolute Gasteiger partial charge is 0.494 e. The van der Waals surface area contributed by atoms with Crippen LogP contribution in [0.25, 0.3) is 0 Å². The number of nitrogens with one attached hydrogen (secondary N) is 3. The maximum absolute atomic E-state index is 11.5. The molecule has 22 heavy (non-hydrogen) atoms. The number of nitrogens with zero attached hydrogens (tertiary/aromatic N) is 1. The van der Waals surface area contributed by atoms with E-state index in [9.17, 15) is 14.7 Å². The number of aryl methyl sites for hydroxylation is 2. The minimum absolute atomic E-state index is 0.127. The number of rotatable bonds is 2. The number of hydrogen-bond acceptors (Lipinski definition) is 4. The average Bonchev–Trinajstić information content (AvgIpc) is 2.42. The number of aromatic hydroxyl groups is 1.